The summed E-state index contributed by atoms with van der Waals surface area (Å²) >= 11 is 0. The Kier molecular flexibility index (Phi) is 4.27. The minimum atomic E-state index is -3.43. The number of nitrogens with one attached hydrogen (secondary N) is 1. The molecule has 108 valence electrons. The number of hydrogen-bond acceptors (Lipinski definition) is 4. The van der Waals surface area contributed by atoms with E-state index in [9.17, 15) is 8.42 Å². The Bertz CT molecular complexity index is 510. The second-order valence-electron chi connectivity index (χ2n) is 4.97. The molecule has 0 radical (unpaired) electrons. The van der Waals surface area contributed by atoms with Crippen molar-refractivity contribution in [1.82, 2.24) is 19.2 Å². The van der Waals surface area contributed by atoms with Gasteiger partial charge in [-0.3, -0.25) is 0 Å². The number of rotatable bonds is 4. The van der Waals surface area contributed by atoms with Gasteiger partial charge in [0.2, 0.25) is 0 Å². The molecule has 0 saturated carbocycles. The number of imidazole rings is 1. The highest BCUT2D eigenvalue weighted by Crippen LogP contribution is 2.20. The smallest absolute Gasteiger partial charge is 0.262 e. The van der Waals surface area contributed by atoms with E-state index in [4.69, 9.17) is 0 Å². The molecule has 0 unspecified atom stereocenters. The van der Waals surface area contributed by atoms with Crippen LogP contribution in [0.5, 0.6) is 0 Å². The van der Waals surface area contributed by atoms with Gasteiger partial charge in [0.1, 0.15) is 5.82 Å². The fraction of sp³-hybridized carbons (Fsp3) is 0.750. The molecule has 1 aliphatic heterocycles. The molecule has 0 amide bonds. The number of sulfonamides is 1. The molecule has 7 heteroatoms. The molecule has 0 aliphatic carbocycles. The second kappa shape index (κ2) is 5.60. The van der Waals surface area contributed by atoms with Gasteiger partial charge in [0.25, 0.3) is 10.0 Å². The highest BCUT2D eigenvalue weighted by Gasteiger charge is 2.30. The van der Waals surface area contributed by atoms with Gasteiger partial charge in [-0.25, -0.2) is 13.4 Å². The van der Waals surface area contributed by atoms with Crippen molar-refractivity contribution in [2.24, 2.45) is 7.05 Å². The van der Waals surface area contributed by atoms with E-state index >= 15 is 0 Å². The summed E-state index contributed by atoms with van der Waals surface area (Å²) in [6, 6.07) is 0.432. The van der Waals surface area contributed by atoms with E-state index in [0.717, 1.165) is 19.4 Å². The lowest BCUT2D eigenvalue weighted by Gasteiger charge is -2.30. The van der Waals surface area contributed by atoms with Crippen LogP contribution in [0.1, 0.15) is 25.6 Å². The standard InChI is InChI=1S/C12H22N4O2S/c1-4-13-11-5-7-16(8-6-11)19(17,18)12-9-15(3)10(2)14-12/h9,11,13H,4-8H2,1-3H3. The molecule has 1 saturated heterocycles. The van der Waals surface area contributed by atoms with Crippen LogP contribution >= 0.6 is 0 Å². The highest BCUT2D eigenvalue weighted by molar-refractivity contribution is 7.89. The maximum Gasteiger partial charge on any atom is 0.262 e. The SMILES string of the molecule is CCNC1CCN(S(=O)(=O)c2cn(C)c(C)n2)CC1. The Labute approximate surface area is 114 Å². The molecule has 0 spiro atoms. The highest BCUT2D eigenvalue weighted by atomic mass is 32.2. The van der Waals surface area contributed by atoms with Crippen molar-refractivity contribution in [1.29, 1.82) is 0 Å². The molecule has 0 bridgehead atoms. The maximum absolute atomic E-state index is 12.4. The average Bonchev–Trinajstić information content (AvgIpc) is 2.71. The summed E-state index contributed by atoms with van der Waals surface area (Å²) in [7, 11) is -1.62. The molecule has 1 aliphatic rings. The molecule has 6 nitrogen and oxygen atoms in total. The first-order valence-corrected chi connectivity index (χ1v) is 8.12. The van der Waals surface area contributed by atoms with E-state index in [2.05, 4.69) is 17.2 Å². The van der Waals surface area contributed by atoms with E-state index < -0.39 is 10.0 Å². The van der Waals surface area contributed by atoms with Crippen LogP contribution in [-0.4, -0.2) is 48.0 Å². The van der Waals surface area contributed by atoms with Crippen molar-refractivity contribution in [3.63, 3.8) is 0 Å². The largest absolute Gasteiger partial charge is 0.337 e. The molecular formula is C12H22N4O2S. The summed E-state index contributed by atoms with van der Waals surface area (Å²) in [5.41, 5.74) is 0. The number of piperidine rings is 1. The Morgan fingerprint density at radius 3 is 2.53 bits per heavy atom. The summed E-state index contributed by atoms with van der Waals surface area (Å²) in [6.07, 6.45) is 3.30. The number of aromatic nitrogens is 2. The van der Waals surface area contributed by atoms with Gasteiger partial charge in [-0.2, -0.15) is 4.31 Å². The lowest BCUT2D eigenvalue weighted by molar-refractivity contribution is 0.291. The maximum atomic E-state index is 12.4. The third kappa shape index (κ3) is 2.98. The quantitative estimate of drug-likeness (QED) is 0.875. The Morgan fingerprint density at radius 2 is 2.05 bits per heavy atom. The summed E-state index contributed by atoms with van der Waals surface area (Å²) in [6.45, 7) is 5.93. The molecule has 2 heterocycles. The predicted octanol–water partition coefficient (Wildman–Crippen LogP) is 0.491. The molecular weight excluding hydrogens is 264 g/mol. The van der Waals surface area contributed by atoms with Gasteiger partial charge in [0.15, 0.2) is 5.03 Å². The zero-order chi connectivity index (χ0) is 14.0. The van der Waals surface area contributed by atoms with Crippen LogP contribution < -0.4 is 5.32 Å². The predicted molar refractivity (Wildman–Crippen MR) is 73.4 cm³/mol. The van der Waals surface area contributed by atoms with Crippen molar-refractivity contribution >= 4 is 10.0 Å². The van der Waals surface area contributed by atoms with E-state index in [1.807, 2.05) is 0 Å². The first-order chi connectivity index (χ1) is 8.95. The van der Waals surface area contributed by atoms with Gasteiger partial charge >= 0.3 is 0 Å². The van der Waals surface area contributed by atoms with Gasteiger partial charge in [-0.05, 0) is 26.3 Å². The zero-order valence-corrected chi connectivity index (χ0v) is 12.6. The van der Waals surface area contributed by atoms with E-state index in [1.54, 1.807) is 29.0 Å². The fourth-order valence-electron chi connectivity index (χ4n) is 2.37. The molecule has 1 N–H and O–H groups in total. The first kappa shape index (κ1) is 14.5. The van der Waals surface area contributed by atoms with Gasteiger partial charge in [0, 0.05) is 32.4 Å². The van der Waals surface area contributed by atoms with E-state index in [-0.39, 0.29) is 5.03 Å². The summed E-state index contributed by atoms with van der Waals surface area (Å²) in [5, 5.41) is 3.53. The monoisotopic (exact) mass is 286 g/mol. The molecule has 0 aromatic carbocycles. The second-order valence-corrected chi connectivity index (χ2v) is 6.86. The van der Waals surface area contributed by atoms with Crippen LogP contribution in [0.25, 0.3) is 0 Å². The van der Waals surface area contributed by atoms with Crippen LogP contribution in [0.2, 0.25) is 0 Å². The van der Waals surface area contributed by atoms with Crippen LogP contribution in [0.4, 0.5) is 0 Å². The normalized spacial score (nSPS) is 18.9. The van der Waals surface area contributed by atoms with Gasteiger partial charge in [-0.1, -0.05) is 6.92 Å². The zero-order valence-electron chi connectivity index (χ0n) is 11.8. The molecule has 0 atom stereocenters. The minimum absolute atomic E-state index is 0.161. The van der Waals surface area contributed by atoms with Crippen molar-refractivity contribution in [2.75, 3.05) is 19.6 Å². The van der Waals surface area contributed by atoms with Crippen molar-refractivity contribution in [2.45, 2.75) is 37.8 Å². The number of aryl methyl sites for hydroxylation is 2. The van der Waals surface area contributed by atoms with Gasteiger partial charge in [0.05, 0.1) is 0 Å². The van der Waals surface area contributed by atoms with E-state index in [0.29, 0.717) is 25.0 Å². The van der Waals surface area contributed by atoms with Crippen LogP contribution in [0.3, 0.4) is 0 Å². The Hall–Kier alpha value is -0.920. The third-order valence-electron chi connectivity index (χ3n) is 3.64. The fourth-order valence-corrected chi connectivity index (χ4v) is 3.87. The Morgan fingerprint density at radius 1 is 1.42 bits per heavy atom. The van der Waals surface area contributed by atoms with Crippen molar-refractivity contribution < 1.29 is 8.42 Å². The average molecular weight is 286 g/mol. The molecule has 2 rings (SSSR count). The first-order valence-electron chi connectivity index (χ1n) is 6.68. The topological polar surface area (TPSA) is 67.2 Å². The summed E-state index contributed by atoms with van der Waals surface area (Å²) in [4.78, 5) is 4.13. The Balaban J connectivity index is 2.09. The van der Waals surface area contributed by atoms with Crippen molar-refractivity contribution in [3.05, 3.63) is 12.0 Å². The lowest BCUT2D eigenvalue weighted by atomic mass is 10.1. The molecule has 1 aromatic rings. The molecule has 1 fully saturated rings. The third-order valence-corrected chi connectivity index (χ3v) is 5.41. The van der Waals surface area contributed by atoms with Crippen LogP contribution in [-0.2, 0) is 17.1 Å². The summed E-state index contributed by atoms with van der Waals surface area (Å²) in [5.74, 6) is 0.709. The summed E-state index contributed by atoms with van der Waals surface area (Å²) < 4.78 is 28.2. The molecule has 19 heavy (non-hydrogen) atoms. The van der Waals surface area contributed by atoms with E-state index in [1.165, 1.54) is 0 Å². The van der Waals surface area contributed by atoms with Crippen LogP contribution in [0, 0.1) is 6.92 Å². The lowest BCUT2D eigenvalue weighted by Crippen LogP contribution is -2.44. The van der Waals surface area contributed by atoms with Crippen LogP contribution in [0.15, 0.2) is 11.2 Å². The number of hydrogen-bond donors (Lipinski definition) is 1. The van der Waals surface area contributed by atoms with Gasteiger partial charge < -0.3 is 9.88 Å². The number of nitrogens with zero attached hydrogens (tertiary/aromatic N) is 3. The minimum Gasteiger partial charge on any atom is -0.337 e. The molecule has 1 aromatic heterocycles. The van der Waals surface area contributed by atoms with Crippen molar-refractivity contribution in [3.8, 4) is 0 Å². The van der Waals surface area contributed by atoms with Gasteiger partial charge in [-0.15, -0.1) is 0 Å².